The Balaban J connectivity index is 0.000000152. The fourth-order valence-electron chi connectivity index (χ4n) is 3.70. The highest BCUT2D eigenvalue weighted by Gasteiger charge is 2.10. The van der Waals surface area contributed by atoms with E-state index in [4.69, 9.17) is 0 Å². The number of hydrogen-bond acceptors (Lipinski definition) is 8. The summed E-state index contributed by atoms with van der Waals surface area (Å²) in [5.74, 6) is 0.185. The Morgan fingerprint density at radius 2 is 1.19 bits per heavy atom. The quantitative estimate of drug-likeness (QED) is 0.188. The van der Waals surface area contributed by atoms with Crippen LogP contribution >= 0.6 is 22.7 Å². The zero-order valence-electron chi connectivity index (χ0n) is 20.0. The molecular formula is C28H23FN4O2S2. The Labute approximate surface area is 220 Å². The van der Waals surface area contributed by atoms with E-state index in [1.807, 2.05) is 43.4 Å². The van der Waals surface area contributed by atoms with E-state index in [0.29, 0.717) is 5.69 Å². The number of benzene rings is 4. The molecule has 0 saturated carbocycles. The second-order valence-corrected chi connectivity index (χ2v) is 10.2. The van der Waals surface area contributed by atoms with Crippen LogP contribution in [0.5, 0.6) is 11.5 Å². The minimum atomic E-state index is -0.304. The normalized spacial score (nSPS) is 10.8. The molecule has 0 aliphatic rings. The number of phenols is 2. The van der Waals surface area contributed by atoms with Gasteiger partial charge < -0.3 is 20.8 Å². The molecule has 0 amide bonds. The van der Waals surface area contributed by atoms with Crippen LogP contribution in [-0.4, -0.2) is 34.3 Å². The molecular weight excluding hydrogens is 507 g/mol. The molecule has 37 heavy (non-hydrogen) atoms. The lowest BCUT2D eigenvalue weighted by molar-refractivity contribution is 0.475. The van der Waals surface area contributed by atoms with Crippen molar-refractivity contribution in [3.63, 3.8) is 0 Å². The lowest BCUT2D eigenvalue weighted by Crippen LogP contribution is -1.92. The summed E-state index contributed by atoms with van der Waals surface area (Å²) in [7, 11) is 3.58. The maximum atomic E-state index is 13.7. The van der Waals surface area contributed by atoms with Crippen molar-refractivity contribution >= 4 is 54.5 Å². The Morgan fingerprint density at radius 1 is 0.649 bits per heavy atom. The highest BCUT2D eigenvalue weighted by atomic mass is 32.1. The standard InChI is InChI=1S/C14H11FN2OS.C14H12N2OS/c1-16-11-4-2-8(6-10(11)15)14-17-12-5-3-9(18)7-13(12)19-14;1-15-10-4-2-9(3-5-10)14-16-12-7-6-11(17)8-13(12)18-14/h2-7,16,18H,1H3;2-8,15,17H,1H3. The third-order valence-corrected chi connectivity index (χ3v) is 7.78. The fraction of sp³-hybridized carbons (Fsp3) is 0.0714. The van der Waals surface area contributed by atoms with Crippen molar-refractivity contribution in [2.75, 3.05) is 24.7 Å². The molecule has 0 spiro atoms. The average molecular weight is 531 g/mol. The molecule has 2 heterocycles. The Kier molecular flexibility index (Phi) is 6.89. The van der Waals surface area contributed by atoms with Gasteiger partial charge in [-0.25, -0.2) is 14.4 Å². The maximum absolute atomic E-state index is 13.7. The first-order valence-corrected chi connectivity index (χ1v) is 13.0. The van der Waals surface area contributed by atoms with E-state index >= 15 is 0 Å². The number of hydrogen-bond donors (Lipinski definition) is 4. The van der Waals surface area contributed by atoms with Crippen molar-refractivity contribution in [1.82, 2.24) is 9.97 Å². The molecule has 0 bridgehead atoms. The van der Waals surface area contributed by atoms with E-state index < -0.39 is 0 Å². The molecule has 6 aromatic rings. The molecule has 0 aliphatic carbocycles. The Morgan fingerprint density at radius 3 is 1.70 bits per heavy atom. The number of aromatic hydroxyl groups is 2. The number of rotatable bonds is 4. The summed E-state index contributed by atoms with van der Waals surface area (Å²) in [6.45, 7) is 0. The molecule has 6 nitrogen and oxygen atoms in total. The van der Waals surface area contributed by atoms with Gasteiger partial charge in [-0.05, 0) is 78.9 Å². The van der Waals surface area contributed by atoms with E-state index in [9.17, 15) is 14.6 Å². The number of fused-ring (bicyclic) bond motifs is 2. The fourth-order valence-corrected chi connectivity index (χ4v) is 5.70. The van der Waals surface area contributed by atoms with E-state index in [2.05, 4.69) is 20.6 Å². The molecule has 9 heteroatoms. The van der Waals surface area contributed by atoms with Gasteiger partial charge in [-0.15, -0.1) is 22.7 Å². The summed E-state index contributed by atoms with van der Waals surface area (Å²) in [5.41, 5.74) is 5.09. The lowest BCUT2D eigenvalue weighted by atomic mass is 10.2. The van der Waals surface area contributed by atoms with Crippen LogP contribution in [0.1, 0.15) is 0 Å². The third-order valence-electron chi connectivity index (χ3n) is 5.65. The van der Waals surface area contributed by atoms with Crippen LogP contribution < -0.4 is 10.6 Å². The van der Waals surface area contributed by atoms with Crippen molar-refractivity contribution in [2.24, 2.45) is 0 Å². The van der Waals surface area contributed by atoms with Crippen molar-refractivity contribution < 1.29 is 14.6 Å². The number of thiazole rings is 2. The number of phenolic OH excluding ortho intramolecular Hbond substituents is 2. The monoisotopic (exact) mass is 530 g/mol. The summed E-state index contributed by atoms with van der Waals surface area (Å²) in [6, 6.07) is 23.4. The summed E-state index contributed by atoms with van der Waals surface area (Å²) in [4.78, 5) is 9.01. The second kappa shape index (κ2) is 10.4. The first-order valence-electron chi connectivity index (χ1n) is 11.4. The van der Waals surface area contributed by atoms with Gasteiger partial charge in [0.15, 0.2) is 0 Å². The van der Waals surface area contributed by atoms with Gasteiger partial charge in [-0.1, -0.05) is 0 Å². The average Bonchev–Trinajstić information content (AvgIpc) is 3.52. The van der Waals surface area contributed by atoms with Crippen LogP contribution in [0.25, 0.3) is 41.6 Å². The minimum Gasteiger partial charge on any atom is -0.508 e. The molecule has 186 valence electrons. The van der Waals surface area contributed by atoms with Crippen LogP contribution in [0, 0.1) is 5.82 Å². The number of nitrogens with one attached hydrogen (secondary N) is 2. The van der Waals surface area contributed by atoms with Crippen LogP contribution in [0.3, 0.4) is 0 Å². The van der Waals surface area contributed by atoms with Crippen molar-refractivity contribution in [3.8, 4) is 32.6 Å². The summed E-state index contributed by atoms with van der Waals surface area (Å²) in [5, 5.41) is 26.5. The van der Waals surface area contributed by atoms with Gasteiger partial charge in [0.25, 0.3) is 0 Å². The smallest absolute Gasteiger partial charge is 0.146 e. The first kappa shape index (κ1) is 24.5. The zero-order chi connectivity index (χ0) is 25.9. The van der Waals surface area contributed by atoms with Gasteiger partial charge >= 0.3 is 0 Å². The molecule has 4 N–H and O–H groups in total. The van der Waals surface area contributed by atoms with Crippen LogP contribution in [0.15, 0.2) is 78.9 Å². The van der Waals surface area contributed by atoms with Gasteiger partial charge in [0.05, 0.1) is 26.1 Å². The molecule has 0 atom stereocenters. The van der Waals surface area contributed by atoms with Crippen molar-refractivity contribution in [1.29, 1.82) is 0 Å². The van der Waals surface area contributed by atoms with Crippen molar-refractivity contribution in [3.05, 3.63) is 84.7 Å². The molecule has 0 fully saturated rings. The maximum Gasteiger partial charge on any atom is 0.146 e. The van der Waals surface area contributed by atoms with Gasteiger partial charge in [-0.2, -0.15) is 0 Å². The zero-order valence-corrected chi connectivity index (χ0v) is 21.6. The topological polar surface area (TPSA) is 90.3 Å². The lowest BCUT2D eigenvalue weighted by Gasteiger charge is -2.03. The predicted molar refractivity (Wildman–Crippen MR) is 152 cm³/mol. The summed E-state index contributed by atoms with van der Waals surface area (Å²) >= 11 is 3.01. The van der Waals surface area contributed by atoms with Crippen LogP contribution in [0.4, 0.5) is 15.8 Å². The largest absolute Gasteiger partial charge is 0.508 e. The molecule has 6 rings (SSSR count). The Hall–Kier alpha value is -4.21. The number of aromatic nitrogens is 2. The minimum absolute atomic E-state index is 0.208. The molecule has 0 aliphatic heterocycles. The molecule has 0 unspecified atom stereocenters. The van der Waals surface area contributed by atoms with Crippen LogP contribution in [-0.2, 0) is 0 Å². The van der Waals surface area contributed by atoms with Crippen molar-refractivity contribution in [2.45, 2.75) is 0 Å². The number of halogens is 1. The highest BCUT2D eigenvalue weighted by molar-refractivity contribution is 7.22. The SMILES string of the molecule is CNc1ccc(-c2nc3ccc(O)cc3s2)cc1.CNc1ccc(-c2nc3ccc(O)cc3s2)cc1F. The molecule has 4 aromatic carbocycles. The molecule has 0 radical (unpaired) electrons. The van der Waals surface area contributed by atoms with E-state index in [0.717, 1.165) is 47.3 Å². The van der Waals surface area contributed by atoms with E-state index in [-0.39, 0.29) is 17.3 Å². The number of nitrogens with zero attached hydrogens (tertiary/aromatic N) is 2. The number of anilines is 2. The second-order valence-electron chi connectivity index (χ2n) is 8.11. The van der Waals surface area contributed by atoms with Gasteiger partial charge in [0.1, 0.15) is 27.3 Å². The summed E-state index contributed by atoms with van der Waals surface area (Å²) < 4.78 is 15.6. The third kappa shape index (κ3) is 5.32. The van der Waals surface area contributed by atoms with Gasteiger partial charge in [0.2, 0.25) is 0 Å². The highest BCUT2D eigenvalue weighted by Crippen LogP contribution is 2.34. The molecule has 0 saturated heterocycles. The first-order chi connectivity index (χ1) is 17.9. The van der Waals surface area contributed by atoms with Crippen LogP contribution in [0.2, 0.25) is 0 Å². The molecule has 2 aromatic heterocycles. The Bertz CT molecular complexity index is 1700. The van der Waals surface area contributed by atoms with Gasteiger partial charge in [0, 0.05) is 30.9 Å². The predicted octanol–water partition coefficient (Wildman–Crippen LogP) is 7.56. The summed E-state index contributed by atoms with van der Waals surface area (Å²) in [6.07, 6.45) is 0. The van der Waals surface area contributed by atoms with E-state index in [1.165, 1.54) is 17.4 Å². The van der Waals surface area contributed by atoms with E-state index in [1.54, 1.807) is 54.8 Å². The van der Waals surface area contributed by atoms with Gasteiger partial charge in [-0.3, -0.25) is 0 Å².